The first-order chi connectivity index (χ1) is 37.0. The molecule has 0 aromatic heterocycles. The number of unbranched alkanes of at least 4 members (excludes halogenated alkanes) is 27. The zero-order chi connectivity index (χ0) is 54.3. The summed E-state index contributed by atoms with van der Waals surface area (Å²) in [6.07, 6.45) is 85.2. The van der Waals surface area contributed by atoms with Gasteiger partial charge in [0.1, 0.15) is 13.2 Å². The lowest BCUT2D eigenvalue weighted by atomic mass is 10.0. The number of carbonyl (C=O) groups excluding carboxylic acids is 3. The number of rotatable bonds is 56. The fourth-order valence-electron chi connectivity index (χ4n) is 8.58. The summed E-state index contributed by atoms with van der Waals surface area (Å²) in [5.74, 6) is -0.897. The van der Waals surface area contributed by atoms with Crippen LogP contribution in [0.1, 0.15) is 290 Å². The smallest absolute Gasteiger partial charge is 0.306 e. The summed E-state index contributed by atoms with van der Waals surface area (Å²) in [6, 6.07) is 0. The third-order valence-corrected chi connectivity index (χ3v) is 13.2. The molecule has 0 rings (SSSR count). The summed E-state index contributed by atoms with van der Waals surface area (Å²) in [5, 5.41) is 0. The van der Waals surface area contributed by atoms with Gasteiger partial charge in [-0.1, -0.05) is 265 Å². The Kier molecular flexibility index (Phi) is 59.3. The normalized spacial score (nSPS) is 12.8. The van der Waals surface area contributed by atoms with E-state index in [2.05, 4.69) is 130 Å². The first-order valence-electron chi connectivity index (χ1n) is 31.4. The van der Waals surface area contributed by atoms with Crippen LogP contribution in [0.3, 0.4) is 0 Å². The largest absolute Gasteiger partial charge is 0.462 e. The third-order valence-electron chi connectivity index (χ3n) is 13.2. The molecule has 6 heteroatoms. The lowest BCUT2D eigenvalue weighted by Gasteiger charge is -2.18. The van der Waals surface area contributed by atoms with Crippen LogP contribution in [0.2, 0.25) is 0 Å². The summed E-state index contributed by atoms with van der Waals surface area (Å²) >= 11 is 0. The van der Waals surface area contributed by atoms with Gasteiger partial charge < -0.3 is 14.2 Å². The Morgan fingerprint density at radius 2 is 0.520 bits per heavy atom. The lowest BCUT2D eigenvalue weighted by Crippen LogP contribution is -2.30. The van der Waals surface area contributed by atoms with Crippen molar-refractivity contribution in [1.82, 2.24) is 0 Å². The second kappa shape index (κ2) is 62.6. The molecule has 428 valence electrons. The molecule has 0 saturated heterocycles. The van der Waals surface area contributed by atoms with Crippen LogP contribution in [-0.2, 0) is 28.6 Å². The van der Waals surface area contributed by atoms with Gasteiger partial charge in [-0.25, -0.2) is 0 Å². The zero-order valence-corrected chi connectivity index (χ0v) is 49.0. The average Bonchev–Trinajstić information content (AvgIpc) is 3.41. The molecule has 0 aliphatic rings. The van der Waals surface area contributed by atoms with Crippen molar-refractivity contribution in [2.24, 2.45) is 0 Å². The summed E-state index contributed by atoms with van der Waals surface area (Å²) in [4.78, 5) is 38.3. The van der Waals surface area contributed by atoms with Gasteiger partial charge in [-0.05, 0) is 116 Å². The summed E-state index contributed by atoms with van der Waals surface area (Å²) < 4.78 is 16.9. The first-order valence-corrected chi connectivity index (χ1v) is 31.4. The molecule has 0 amide bonds. The zero-order valence-electron chi connectivity index (χ0n) is 49.0. The maximum atomic E-state index is 12.9. The SMILES string of the molecule is CC/C=C\C/C=C\C/C=C\C/C=C\CCCCCCCCCCCCC(=O)OCC(COC(=O)CCCCCCC/C=C\CCCC)OC(=O)CCCCCCCCCCCC/C=C\C/C=C\C/C=C\C/C=C\CC. The molecule has 0 N–H and O–H groups in total. The van der Waals surface area contributed by atoms with Crippen molar-refractivity contribution >= 4 is 17.9 Å². The van der Waals surface area contributed by atoms with Crippen LogP contribution in [-0.4, -0.2) is 37.2 Å². The van der Waals surface area contributed by atoms with E-state index in [0.717, 1.165) is 116 Å². The van der Waals surface area contributed by atoms with Crippen molar-refractivity contribution in [2.45, 2.75) is 297 Å². The summed E-state index contributed by atoms with van der Waals surface area (Å²) in [5.41, 5.74) is 0. The van der Waals surface area contributed by atoms with Gasteiger partial charge in [-0.2, -0.15) is 0 Å². The molecular formula is C69H116O6. The Morgan fingerprint density at radius 1 is 0.280 bits per heavy atom. The Balaban J connectivity index is 4.31. The minimum Gasteiger partial charge on any atom is -0.462 e. The molecule has 0 aromatic rings. The van der Waals surface area contributed by atoms with E-state index in [1.54, 1.807) is 0 Å². The van der Waals surface area contributed by atoms with Crippen molar-refractivity contribution in [1.29, 1.82) is 0 Å². The molecule has 0 aliphatic carbocycles. The molecular weight excluding hydrogens is 925 g/mol. The Morgan fingerprint density at radius 3 is 0.827 bits per heavy atom. The molecule has 0 aromatic carbocycles. The summed E-state index contributed by atoms with van der Waals surface area (Å²) in [6.45, 7) is 6.38. The van der Waals surface area contributed by atoms with Crippen molar-refractivity contribution in [3.05, 3.63) is 109 Å². The van der Waals surface area contributed by atoms with Crippen molar-refractivity contribution in [2.75, 3.05) is 13.2 Å². The quantitative estimate of drug-likeness (QED) is 0.0261. The van der Waals surface area contributed by atoms with Crippen LogP contribution < -0.4 is 0 Å². The van der Waals surface area contributed by atoms with E-state index in [9.17, 15) is 14.4 Å². The van der Waals surface area contributed by atoms with E-state index in [1.807, 2.05) is 0 Å². The van der Waals surface area contributed by atoms with Gasteiger partial charge in [0, 0.05) is 19.3 Å². The van der Waals surface area contributed by atoms with E-state index in [-0.39, 0.29) is 31.1 Å². The fourth-order valence-corrected chi connectivity index (χ4v) is 8.58. The van der Waals surface area contributed by atoms with Gasteiger partial charge in [-0.3, -0.25) is 14.4 Å². The Hall–Kier alpha value is -3.93. The van der Waals surface area contributed by atoms with Crippen molar-refractivity contribution in [3.63, 3.8) is 0 Å². The van der Waals surface area contributed by atoms with E-state index in [4.69, 9.17) is 14.2 Å². The minimum absolute atomic E-state index is 0.0847. The number of hydrogen-bond acceptors (Lipinski definition) is 6. The number of allylic oxidation sites excluding steroid dienone is 18. The topological polar surface area (TPSA) is 78.9 Å². The predicted octanol–water partition coefficient (Wildman–Crippen LogP) is 21.4. The molecule has 0 spiro atoms. The molecule has 0 bridgehead atoms. The third kappa shape index (κ3) is 60.8. The highest BCUT2D eigenvalue weighted by molar-refractivity contribution is 5.71. The van der Waals surface area contributed by atoms with Crippen LogP contribution in [0.15, 0.2) is 109 Å². The molecule has 6 nitrogen and oxygen atoms in total. The molecule has 0 aliphatic heterocycles. The van der Waals surface area contributed by atoms with Crippen LogP contribution in [0.25, 0.3) is 0 Å². The number of ether oxygens (including phenoxy) is 3. The van der Waals surface area contributed by atoms with Gasteiger partial charge in [0.15, 0.2) is 6.10 Å². The molecule has 1 unspecified atom stereocenters. The van der Waals surface area contributed by atoms with Gasteiger partial charge in [0.05, 0.1) is 0 Å². The molecule has 0 fully saturated rings. The number of esters is 3. The molecule has 0 heterocycles. The maximum Gasteiger partial charge on any atom is 0.306 e. The standard InChI is InChI=1S/C69H116O6/c1-4-7-10-13-16-19-22-24-26-28-30-32-34-36-38-40-42-44-47-50-53-56-59-62-68(71)74-65-66(64-73-67(70)61-58-55-52-49-46-21-18-15-12-9-6-3)75-69(72)63-60-57-54-51-48-45-43-41-39-37-35-33-31-29-27-25-23-20-17-14-11-8-5-2/h7-8,10-11,15-20,24-27,30-33,66H,4-6,9,12-14,21-23,28-29,34-65H2,1-3H3/b10-7-,11-8-,18-15-,19-16-,20-17-,26-24-,27-25-,32-30-,33-31-. The minimum atomic E-state index is -0.788. The van der Waals surface area contributed by atoms with Crippen LogP contribution in [0.5, 0.6) is 0 Å². The fraction of sp³-hybridized carbons (Fsp3) is 0.696. The highest BCUT2D eigenvalue weighted by Gasteiger charge is 2.19. The molecule has 0 saturated carbocycles. The first kappa shape index (κ1) is 71.1. The van der Waals surface area contributed by atoms with Crippen molar-refractivity contribution in [3.8, 4) is 0 Å². The van der Waals surface area contributed by atoms with Gasteiger partial charge in [0.2, 0.25) is 0 Å². The average molecular weight is 1040 g/mol. The van der Waals surface area contributed by atoms with E-state index in [1.165, 1.54) is 135 Å². The molecule has 1 atom stereocenters. The maximum absolute atomic E-state index is 12.9. The highest BCUT2D eigenvalue weighted by atomic mass is 16.6. The lowest BCUT2D eigenvalue weighted by molar-refractivity contribution is -0.167. The monoisotopic (exact) mass is 1040 g/mol. The van der Waals surface area contributed by atoms with Gasteiger partial charge in [0.25, 0.3) is 0 Å². The number of carbonyl (C=O) groups is 3. The van der Waals surface area contributed by atoms with Crippen LogP contribution >= 0.6 is 0 Å². The second-order valence-corrected chi connectivity index (χ2v) is 20.5. The van der Waals surface area contributed by atoms with Crippen LogP contribution in [0.4, 0.5) is 0 Å². The molecule has 75 heavy (non-hydrogen) atoms. The van der Waals surface area contributed by atoms with Gasteiger partial charge in [-0.15, -0.1) is 0 Å². The predicted molar refractivity (Wildman–Crippen MR) is 325 cm³/mol. The number of hydrogen-bond donors (Lipinski definition) is 0. The van der Waals surface area contributed by atoms with E-state index in [0.29, 0.717) is 19.3 Å². The Bertz CT molecular complexity index is 1520. The van der Waals surface area contributed by atoms with E-state index >= 15 is 0 Å². The molecule has 0 radical (unpaired) electrons. The van der Waals surface area contributed by atoms with Crippen LogP contribution in [0, 0.1) is 0 Å². The Labute approximate surface area is 463 Å². The van der Waals surface area contributed by atoms with Crippen molar-refractivity contribution < 1.29 is 28.6 Å². The highest BCUT2D eigenvalue weighted by Crippen LogP contribution is 2.16. The second-order valence-electron chi connectivity index (χ2n) is 20.5. The summed E-state index contributed by atoms with van der Waals surface area (Å²) in [7, 11) is 0. The van der Waals surface area contributed by atoms with Gasteiger partial charge >= 0.3 is 17.9 Å². The van der Waals surface area contributed by atoms with E-state index < -0.39 is 6.10 Å².